The van der Waals surface area contributed by atoms with Crippen molar-refractivity contribution in [3.63, 3.8) is 0 Å². The Morgan fingerprint density at radius 2 is 2.54 bits per heavy atom. The predicted molar refractivity (Wildman–Crippen MR) is 55.6 cm³/mol. The lowest BCUT2D eigenvalue weighted by Crippen LogP contribution is -2.32. The summed E-state index contributed by atoms with van der Waals surface area (Å²) in [5, 5.41) is 8.12. The molecule has 1 N–H and O–H groups in total. The molecule has 0 aliphatic carbocycles. The zero-order chi connectivity index (χ0) is 9.26. The molecule has 1 aliphatic rings. The smallest absolute Gasteiger partial charge is 0.0958 e. The molecule has 3 nitrogen and oxygen atoms in total. The third-order valence-corrected chi connectivity index (χ3v) is 3.83. The summed E-state index contributed by atoms with van der Waals surface area (Å²) in [6.45, 7) is 3.39. The quantitative estimate of drug-likeness (QED) is 0.738. The molecule has 1 aromatic rings. The molecule has 0 spiro atoms. The normalized spacial score (nSPS) is 29.1. The van der Waals surface area contributed by atoms with Gasteiger partial charge in [0.05, 0.1) is 11.1 Å². The van der Waals surface area contributed by atoms with E-state index in [1.165, 1.54) is 11.4 Å². The van der Waals surface area contributed by atoms with Gasteiger partial charge in [-0.2, -0.15) is 5.10 Å². The Balaban J connectivity index is 2.06. The molecule has 2 rings (SSSR count). The number of aromatic nitrogens is 2. The Morgan fingerprint density at radius 1 is 1.69 bits per heavy atom. The second-order valence-electron chi connectivity index (χ2n) is 3.61. The van der Waals surface area contributed by atoms with Crippen LogP contribution in [0.15, 0.2) is 12.3 Å². The van der Waals surface area contributed by atoms with Gasteiger partial charge < -0.3 is 5.32 Å². The molecule has 0 radical (unpaired) electrons. The fourth-order valence-corrected chi connectivity index (χ4v) is 2.77. The molecule has 13 heavy (non-hydrogen) atoms. The molecule has 0 bridgehead atoms. The van der Waals surface area contributed by atoms with Crippen molar-refractivity contribution in [1.29, 1.82) is 0 Å². The van der Waals surface area contributed by atoms with Crippen molar-refractivity contribution < 1.29 is 0 Å². The van der Waals surface area contributed by atoms with Crippen LogP contribution >= 0.6 is 11.8 Å². The Kier molecular flexibility index (Phi) is 2.60. The third-order valence-electron chi connectivity index (χ3n) is 2.33. The van der Waals surface area contributed by atoms with Crippen LogP contribution in [0.4, 0.5) is 0 Å². The lowest BCUT2D eigenvalue weighted by atomic mass is 10.2. The summed E-state index contributed by atoms with van der Waals surface area (Å²) >= 11 is 1.97. The van der Waals surface area contributed by atoms with E-state index in [1.54, 1.807) is 0 Å². The van der Waals surface area contributed by atoms with Crippen molar-refractivity contribution in [3.05, 3.63) is 18.0 Å². The molecule has 0 amide bonds. The molecular formula is C9H15N3S. The van der Waals surface area contributed by atoms with Crippen LogP contribution in [0, 0.1) is 5.92 Å². The highest BCUT2D eigenvalue weighted by molar-refractivity contribution is 7.99. The van der Waals surface area contributed by atoms with Crippen LogP contribution in [-0.4, -0.2) is 22.1 Å². The summed E-state index contributed by atoms with van der Waals surface area (Å²) in [6.07, 6.45) is 1.86. The Bertz CT molecular complexity index is 276. The molecule has 1 aliphatic heterocycles. The molecule has 1 saturated heterocycles. The fraction of sp³-hybridized carbons (Fsp3) is 0.667. The largest absolute Gasteiger partial charge is 0.300 e. The minimum absolute atomic E-state index is 0.434. The Morgan fingerprint density at radius 3 is 3.08 bits per heavy atom. The summed E-state index contributed by atoms with van der Waals surface area (Å²) < 4.78 is 1.95. The number of aryl methyl sites for hydroxylation is 1. The second kappa shape index (κ2) is 3.72. The molecule has 0 aromatic carbocycles. The predicted octanol–water partition coefficient (Wildman–Crippen LogP) is 1.39. The number of thioether (sulfide) groups is 1. The maximum absolute atomic E-state index is 4.17. The van der Waals surface area contributed by atoms with Crippen LogP contribution in [0.1, 0.15) is 18.0 Å². The first-order chi connectivity index (χ1) is 6.27. The van der Waals surface area contributed by atoms with Crippen LogP contribution in [0.3, 0.4) is 0 Å². The Labute approximate surface area is 82.9 Å². The van der Waals surface area contributed by atoms with E-state index in [0.29, 0.717) is 5.37 Å². The molecule has 2 unspecified atom stereocenters. The Hall–Kier alpha value is -0.480. The molecule has 2 heterocycles. The third kappa shape index (κ3) is 1.89. The maximum atomic E-state index is 4.17. The standard InChI is InChI=1S/C9H15N3S/c1-7-5-10-9(13-6-7)8-3-4-11-12(8)2/h3-4,7,9-10H,5-6H2,1-2H3. The highest BCUT2D eigenvalue weighted by Gasteiger charge is 2.21. The van der Waals surface area contributed by atoms with E-state index in [9.17, 15) is 0 Å². The van der Waals surface area contributed by atoms with Gasteiger partial charge in [0, 0.05) is 13.2 Å². The van der Waals surface area contributed by atoms with Crippen molar-refractivity contribution in [2.75, 3.05) is 12.3 Å². The zero-order valence-electron chi connectivity index (χ0n) is 8.03. The van der Waals surface area contributed by atoms with E-state index in [4.69, 9.17) is 0 Å². The summed E-state index contributed by atoms with van der Waals surface area (Å²) in [5.41, 5.74) is 1.27. The molecule has 4 heteroatoms. The summed E-state index contributed by atoms with van der Waals surface area (Å²) in [7, 11) is 2.00. The minimum atomic E-state index is 0.434. The minimum Gasteiger partial charge on any atom is -0.300 e. The fourth-order valence-electron chi connectivity index (χ4n) is 1.52. The van der Waals surface area contributed by atoms with Gasteiger partial charge in [0.25, 0.3) is 0 Å². The number of hydrogen-bond acceptors (Lipinski definition) is 3. The topological polar surface area (TPSA) is 29.9 Å². The van der Waals surface area contributed by atoms with Gasteiger partial charge in [0.15, 0.2) is 0 Å². The average molecular weight is 197 g/mol. The first-order valence-electron chi connectivity index (χ1n) is 4.60. The molecular weight excluding hydrogens is 182 g/mol. The SMILES string of the molecule is CC1CNC(c2ccnn2C)SC1. The van der Waals surface area contributed by atoms with Crippen LogP contribution in [0.2, 0.25) is 0 Å². The van der Waals surface area contributed by atoms with E-state index in [-0.39, 0.29) is 0 Å². The van der Waals surface area contributed by atoms with Crippen LogP contribution in [0.5, 0.6) is 0 Å². The van der Waals surface area contributed by atoms with Crippen LogP contribution < -0.4 is 5.32 Å². The summed E-state index contributed by atoms with van der Waals surface area (Å²) in [4.78, 5) is 0. The van der Waals surface area contributed by atoms with Gasteiger partial charge in [-0.3, -0.25) is 4.68 Å². The zero-order valence-corrected chi connectivity index (χ0v) is 8.84. The highest BCUT2D eigenvalue weighted by atomic mass is 32.2. The average Bonchev–Trinajstić information content (AvgIpc) is 2.53. The van der Waals surface area contributed by atoms with Crippen molar-refractivity contribution in [2.24, 2.45) is 13.0 Å². The monoisotopic (exact) mass is 197 g/mol. The highest BCUT2D eigenvalue weighted by Crippen LogP contribution is 2.30. The van der Waals surface area contributed by atoms with E-state index in [1.807, 2.05) is 29.7 Å². The van der Waals surface area contributed by atoms with Crippen molar-refractivity contribution in [2.45, 2.75) is 12.3 Å². The molecule has 1 aromatic heterocycles. The lowest BCUT2D eigenvalue weighted by molar-refractivity contribution is 0.512. The maximum Gasteiger partial charge on any atom is 0.0958 e. The van der Waals surface area contributed by atoms with Gasteiger partial charge >= 0.3 is 0 Å². The molecule has 1 fully saturated rings. The number of hydrogen-bond donors (Lipinski definition) is 1. The molecule has 72 valence electrons. The summed E-state index contributed by atoms with van der Waals surface area (Å²) in [5.74, 6) is 2.03. The lowest BCUT2D eigenvalue weighted by Gasteiger charge is -2.27. The number of nitrogens with zero attached hydrogens (tertiary/aromatic N) is 2. The number of rotatable bonds is 1. The summed E-state index contributed by atoms with van der Waals surface area (Å²) in [6, 6.07) is 2.08. The second-order valence-corrected chi connectivity index (χ2v) is 4.74. The van der Waals surface area contributed by atoms with Gasteiger partial charge in [-0.1, -0.05) is 6.92 Å². The van der Waals surface area contributed by atoms with Crippen molar-refractivity contribution in [1.82, 2.24) is 15.1 Å². The van der Waals surface area contributed by atoms with Gasteiger partial charge in [-0.05, 0) is 24.3 Å². The molecule has 0 saturated carbocycles. The van der Waals surface area contributed by atoms with E-state index in [2.05, 4.69) is 23.4 Å². The molecule has 2 atom stereocenters. The van der Waals surface area contributed by atoms with E-state index < -0.39 is 0 Å². The first kappa shape index (κ1) is 9.09. The number of nitrogens with one attached hydrogen (secondary N) is 1. The van der Waals surface area contributed by atoms with E-state index >= 15 is 0 Å². The van der Waals surface area contributed by atoms with Crippen molar-refractivity contribution in [3.8, 4) is 0 Å². The van der Waals surface area contributed by atoms with Crippen LogP contribution in [-0.2, 0) is 7.05 Å². The van der Waals surface area contributed by atoms with Crippen LogP contribution in [0.25, 0.3) is 0 Å². The van der Waals surface area contributed by atoms with Gasteiger partial charge in [-0.15, -0.1) is 11.8 Å². The van der Waals surface area contributed by atoms with Gasteiger partial charge in [0.2, 0.25) is 0 Å². The van der Waals surface area contributed by atoms with Crippen molar-refractivity contribution >= 4 is 11.8 Å². The van der Waals surface area contributed by atoms with E-state index in [0.717, 1.165) is 12.5 Å². The van der Waals surface area contributed by atoms with Gasteiger partial charge in [0.1, 0.15) is 0 Å². The first-order valence-corrected chi connectivity index (χ1v) is 5.65. The van der Waals surface area contributed by atoms with Gasteiger partial charge in [-0.25, -0.2) is 0 Å².